The van der Waals surface area contributed by atoms with Crippen LogP contribution >= 0.6 is 11.6 Å². The van der Waals surface area contributed by atoms with Crippen LogP contribution in [-0.2, 0) is 0 Å². The lowest BCUT2D eigenvalue weighted by Crippen LogP contribution is -2.19. The lowest BCUT2D eigenvalue weighted by Gasteiger charge is -2.13. The molecule has 0 radical (unpaired) electrons. The Kier molecular flexibility index (Phi) is 3.61. The SMILES string of the molecule is CC(=O)c1cc(F)c(F)c(OC(F)(F)Cl)c1F. The number of carbonyl (C=O) groups is 1. The molecule has 0 atom stereocenters. The topological polar surface area (TPSA) is 26.3 Å². The van der Waals surface area contributed by atoms with Gasteiger partial charge in [0.1, 0.15) is 0 Å². The molecule has 0 bridgehead atoms. The number of alkyl halides is 3. The molecule has 0 fully saturated rings. The molecule has 1 aromatic carbocycles. The standard InChI is InChI=1S/C9H4ClF5O2/c1-3(16)4-2-5(11)7(13)8(6(4)12)17-9(10,14)15/h2H,1H3. The van der Waals surface area contributed by atoms with Crippen LogP contribution in [0.3, 0.4) is 0 Å². The first kappa shape index (κ1) is 13.7. The highest BCUT2D eigenvalue weighted by Crippen LogP contribution is 2.33. The third kappa shape index (κ3) is 3.06. The van der Waals surface area contributed by atoms with Gasteiger partial charge >= 0.3 is 5.57 Å². The van der Waals surface area contributed by atoms with Crippen LogP contribution in [0.25, 0.3) is 0 Å². The minimum atomic E-state index is -4.43. The van der Waals surface area contributed by atoms with Crippen LogP contribution in [0, 0.1) is 17.5 Å². The van der Waals surface area contributed by atoms with E-state index >= 15 is 0 Å². The normalized spacial score (nSPS) is 11.5. The molecule has 8 heteroatoms. The summed E-state index contributed by atoms with van der Waals surface area (Å²) in [6.07, 6.45) is 0. The molecule has 17 heavy (non-hydrogen) atoms. The number of hydrogen-bond donors (Lipinski definition) is 0. The lowest BCUT2D eigenvalue weighted by molar-refractivity contribution is -0.101. The van der Waals surface area contributed by atoms with Crippen molar-refractivity contribution >= 4 is 17.4 Å². The minimum absolute atomic E-state index is 0.242. The van der Waals surface area contributed by atoms with Gasteiger partial charge < -0.3 is 4.74 Å². The molecule has 0 unspecified atom stereocenters. The number of ether oxygens (including phenoxy) is 1. The summed E-state index contributed by atoms with van der Waals surface area (Å²) in [6.45, 7) is 0.846. The van der Waals surface area contributed by atoms with E-state index in [4.69, 9.17) is 0 Å². The van der Waals surface area contributed by atoms with Crippen LogP contribution in [0.1, 0.15) is 17.3 Å². The van der Waals surface area contributed by atoms with Gasteiger partial charge in [-0.3, -0.25) is 4.79 Å². The summed E-state index contributed by atoms with van der Waals surface area (Å²) in [5, 5.41) is 0. The molecule has 0 aliphatic heterocycles. The van der Waals surface area contributed by atoms with Crippen molar-refractivity contribution < 1.29 is 31.5 Å². The number of ketones is 1. The van der Waals surface area contributed by atoms with Crippen molar-refractivity contribution in [3.8, 4) is 5.75 Å². The average Bonchev–Trinajstić information content (AvgIpc) is 2.16. The summed E-state index contributed by atoms with van der Waals surface area (Å²) in [6, 6.07) is 0.242. The van der Waals surface area contributed by atoms with E-state index in [9.17, 15) is 26.7 Å². The van der Waals surface area contributed by atoms with Crippen LogP contribution < -0.4 is 4.74 Å². The number of hydrogen-bond acceptors (Lipinski definition) is 2. The van der Waals surface area contributed by atoms with Crippen molar-refractivity contribution in [3.63, 3.8) is 0 Å². The fourth-order valence-electron chi connectivity index (χ4n) is 1.04. The van der Waals surface area contributed by atoms with E-state index < -0.39 is 40.1 Å². The highest BCUT2D eigenvalue weighted by molar-refractivity contribution is 6.20. The number of carbonyl (C=O) groups excluding carboxylic acids is 1. The molecule has 1 aromatic rings. The molecular formula is C9H4ClF5O2. The van der Waals surface area contributed by atoms with Crippen LogP contribution in [0.5, 0.6) is 5.75 Å². The summed E-state index contributed by atoms with van der Waals surface area (Å²) in [7, 11) is 0. The van der Waals surface area contributed by atoms with E-state index in [0.717, 1.165) is 6.92 Å². The third-order valence-electron chi connectivity index (χ3n) is 1.71. The number of benzene rings is 1. The van der Waals surface area contributed by atoms with Gasteiger partial charge in [-0.25, -0.2) is 8.78 Å². The zero-order valence-electron chi connectivity index (χ0n) is 8.16. The fraction of sp³-hybridized carbons (Fsp3) is 0.222. The van der Waals surface area contributed by atoms with Gasteiger partial charge in [0.15, 0.2) is 17.4 Å². The Hall–Kier alpha value is -1.37. The first-order valence-electron chi connectivity index (χ1n) is 4.07. The van der Waals surface area contributed by atoms with Gasteiger partial charge in [0, 0.05) is 11.6 Å². The molecule has 1 rings (SSSR count). The second kappa shape index (κ2) is 4.48. The van der Waals surface area contributed by atoms with E-state index in [2.05, 4.69) is 16.3 Å². The Morgan fingerprint density at radius 1 is 1.29 bits per heavy atom. The van der Waals surface area contributed by atoms with Crippen molar-refractivity contribution in [3.05, 3.63) is 29.1 Å². The number of halogens is 6. The Labute approximate surface area is 96.9 Å². The maximum absolute atomic E-state index is 13.4. The van der Waals surface area contributed by atoms with Crippen molar-refractivity contribution in [2.45, 2.75) is 12.5 Å². The second-order valence-corrected chi connectivity index (χ2v) is 3.41. The molecule has 0 aliphatic rings. The fourth-order valence-corrected chi connectivity index (χ4v) is 1.12. The largest absolute Gasteiger partial charge is 0.487 e. The average molecular weight is 275 g/mol. The smallest absolute Gasteiger partial charge is 0.414 e. The van der Waals surface area contributed by atoms with Gasteiger partial charge in [-0.2, -0.15) is 4.39 Å². The van der Waals surface area contributed by atoms with E-state index in [1.165, 1.54) is 0 Å². The van der Waals surface area contributed by atoms with Crippen LogP contribution in [0.4, 0.5) is 22.0 Å². The van der Waals surface area contributed by atoms with Gasteiger partial charge in [0.2, 0.25) is 11.6 Å². The summed E-state index contributed by atoms with van der Waals surface area (Å²) in [5.74, 6) is -8.16. The van der Waals surface area contributed by atoms with Gasteiger partial charge in [-0.05, 0) is 13.0 Å². The molecular weight excluding hydrogens is 271 g/mol. The van der Waals surface area contributed by atoms with Crippen molar-refractivity contribution in [1.82, 2.24) is 0 Å². The van der Waals surface area contributed by atoms with Crippen molar-refractivity contribution in [1.29, 1.82) is 0 Å². The quantitative estimate of drug-likeness (QED) is 0.365. The minimum Gasteiger partial charge on any atom is -0.414 e. The monoisotopic (exact) mass is 274 g/mol. The first-order valence-corrected chi connectivity index (χ1v) is 4.45. The summed E-state index contributed by atoms with van der Waals surface area (Å²) >= 11 is 4.30. The van der Waals surface area contributed by atoms with Crippen molar-refractivity contribution in [2.24, 2.45) is 0 Å². The van der Waals surface area contributed by atoms with E-state index in [-0.39, 0.29) is 6.07 Å². The van der Waals surface area contributed by atoms with Gasteiger partial charge in [0.05, 0.1) is 5.56 Å². The molecule has 0 saturated heterocycles. The lowest BCUT2D eigenvalue weighted by atomic mass is 10.1. The maximum Gasteiger partial charge on any atom is 0.487 e. The van der Waals surface area contributed by atoms with Gasteiger partial charge in [-0.15, -0.1) is 8.78 Å². The highest BCUT2D eigenvalue weighted by Gasteiger charge is 2.33. The predicted molar refractivity (Wildman–Crippen MR) is 47.7 cm³/mol. The maximum atomic E-state index is 13.4. The third-order valence-corrected chi connectivity index (χ3v) is 1.79. The second-order valence-electron chi connectivity index (χ2n) is 2.97. The van der Waals surface area contributed by atoms with E-state index in [0.29, 0.717) is 0 Å². The van der Waals surface area contributed by atoms with Crippen molar-refractivity contribution in [2.75, 3.05) is 0 Å². The first-order chi connectivity index (χ1) is 7.63. The van der Waals surface area contributed by atoms with E-state index in [1.54, 1.807) is 0 Å². The Morgan fingerprint density at radius 3 is 2.24 bits per heavy atom. The molecule has 2 nitrogen and oxygen atoms in total. The van der Waals surface area contributed by atoms with Crippen LogP contribution in [0.2, 0.25) is 0 Å². The van der Waals surface area contributed by atoms with Crippen LogP contribution in [0.15, 0.2) is 6.07 Å². The zero-order valence-corrected chi connectivity index (χ0v) is 8.92. The highest BCUT2D eigenvalue weighted by atomic mass is 35.5. The van der Waals surface area contributed by atoms with Crippen LogP contribution in [-0.4, -0.2) is 11.4 Å². The predicted octanol–water partition coefficient (Wildman–Crippen LogP) is 3.47. The van der Waals surface area contributed by atoms with Gasteiger partial charge in [0.25, 0.3) is 0 Å². The Bertz CT molecular complexity index is 469. The summed E-state index contributed by atoms with van der Waals surface area (Å²) in [4.78, 5) is 10.8. The molecule has 0 N–H and O–H groups in total. The molecule has 0 spiro atoms. The Balaban J connectivity index is 3.42. The molecule has 94 valence electrons. The number of rotatable bonds is 3. The summed E-state index contributed by atoms with van der Waals surface area (Å²) < 4.78 is 67.1. The zero-order chi connectivity index (χ0) is 13.4. The molecule has 0 aliphatic carbocycles. The van der Waals surface area contributed by atoms with E-state index in [1.807, 2.05) is 0 Å². The molecule has 0 heterocycles. The summed E-state index contributed by atoms with van der Waals surface area (Å²) in [5.41, 5.74) is -5.34. The molecule has 0 aromatic heterocycles. The molecule has 0 saturated carbocycles. The van der Waals surface area contributed by atoms with Gasteiger partial charge in [-0.1, -0.05) is 0 Å². The number of Topliss-reactive ketones (excluding diaryl/α,β-unsaturated/α-hetero) is 1. The Morgan fingerprint density at radius 2 is 1.82 bits per heavy atom. The molecule has 0 amide bonds.